The van der Waals surface area contributed by atoms with Crippen molar-refractivity contribution in [2.24, 2.45) is 5.73 Å². The Balaban J connectivity index is 2.47. The lowest BCUT2D eigenvalue weighted by Crippen LogP contribution is -2.28. The second kappa shape index (κ2) is 5.77. The van der Waals surface area contributed by atoms with Crippen LogP contribution in [0.1, 0.15) is 35.6 Å². The normalized spacial score (nSPS) is 12.5. The SMILES string of the molecule is CCc1nnsc1C(=O)NCCC(C)N. The van der Waals surface area contributed by atoms with Gasteiger partial charge in [0.05, 0.1) is 5.69 Å². The van der Waals surface area contributed by atoms with Crippen LogP contribution < -0.4 is 11.1 Å². The van der Waals surface area contributed by atoms with E-state index in [9.17, 15) is 4.79 Å². The van der Waals surface area contributed by atoms with Gasteiger partial charge >= 0.3 is 0 Å². The molecule has 6 heteroatoms. The van der Waals surface area contributed by atoms with Crippen LogP contribution in [0.2, 0.25) is 0 Å². The van der Waals surface area contributed by atoms with Crippen LogP contribution in [0.4, 0.5) is 0 Å². The number of nitrogens with two attached hydrogens (primary N) is 1. The molecule has 1 amide bonds. The van der Waals surface area contributed by atoms with Crippen molar-refractivity contribution in [2.75, 3.05) is 6.54 Å². The molecule has 0 aliphatic rings. The summed E-state index contributed by atoms with van der Waals surface area (Å²) >= 11 is 1.14. The summed E-state index contributed by atoms with van der Waals surface area (Å²) in [7, 11) is 0. The van der Waals surface area contributed by atoms with E-state index in [4.69, 9.17) is 5.73 Å². The molecule has 0 aliphatic carbocycles. The van der Waals surface area contributed by atoms with Crippen LogP contribution in [0.3, 0.4) is 0 Å². The van der Waals surface area contributed by atoms with Gasteiger partial charge in [0.2, 0.25) is 0 Å². The highest BCUT2D eigenvalue weighted by atomic mass is 32.1. The van der Waals surface area contributed by atoms with Gasteiger partial charge in [0.25, 0.3) is 5.91 Å². The molecule has 1 rings (SSSR count). The number of nitrogens with zero attached hydrogens (tertiary/aromatic N) is 2. The second-order valence-corrected chi connectivity index (χ2v) is 4.18. The summed E-state index contributed by atoms with van der Waals surface area (Å²) in [6.45, 7) is 4.46. The van der Waals surface area contributed by atoms with Gasteiger partial charge in [-0.1, -0.05) is 11.4 Å². The molecular formula is C9H16N4OS. The second-order valence-electron chi connectivity index (χ2n) is 3.42. The Hall–Kier alpha value is -1.01. The van der Waals surface area contributed by atoms with Gasteiger partial charge in [0.15, 0.2) is 0 Å². The fourth-order valence-electron chi connectivity index (χ4n) is 1.11. The van der Waals surface area contributed by atoms with Crippen molar-refractivity contribution in [3.8, 4) is 0 Å². The van der Waals surface area contributed by atoms with Gasteiger partial charge in [-0.3, -0.25) is 4.79 Å². The van der Waals surface area contributed by atoms with Crippen LogP contribution in [-0.4, -0.2) is 28.1 Å². The Morgan fingerprint density at radius 2 is 2.40 bits per heavy atom. The average molecular weight is 228 g/mol. The van der Waals surface area contributed by atoms with E-state index in [1.807, 2.05) is 13.8 Å². The van der Waals surface area contributed by atoms with E-state index in [-0.39, 0.29) is 11.9 Å². The van der Waals surface area contributed by atoms with Crippen molar-refractivity contribution in [1.82, 2.24) is 14.9 Å². The summed E-state index contributed by atoms with van der Waals surface area (Å²) in [5, 5.41) is 6.68. The summed E-state index contributed by atoms with van der Waals surface area (Å²) in [5.74, 6) is -0.0949. The Kier molecular flexibility index (Phi) is 4.64. The van der Waals surface area contributed by atoms with Crippen LogP contribution in [0.15, 0.2) is 0 Å². The van der Waals surface area contributed by atoms with Crippen LogP contribution in [0.25, 0.3) is 0 Å². The molecule has 0 radical (unpaired) electrons. The van der Waals surface area contributed by atoms with Crippen molar-refractivity contribution >= 4 is 17.4 Å². The highest BCUT2D eigenvalue weighted by molar-refractivity contribution is 7.08. The van der Waals surface area contributed by atoms with Crippen LogP contribution >= 0.6 is 11.5 Å². The van der Waals surface area contributed by atoms with Crippen molar-refractivity contribution in [3.63, 3.8) is 0 Å². The molecule has 0 saturated carbocycles. The number of aryl methyl sites for hydroxylation is 1. The summed E-state index contributed by atoms with van der Waals surface area (Å²) in [4.78, 5) is 12.3. The third-order valence-corrected chi connectivity index (χ3v) is 2.75. The first-order valence-corrected chi connectivity index (χ1v) is 5.77. The number of hydrogen-bond acceptors (Lipinski definition) is 5. The summed E-state index contributed by atoms with van der Waals surface area (Å²) in [6, 6.07) is 0.107. The topological polar surface area (TPSA) is 80.9 Å². The molecule has 0 aliphatic heterocycles. The Bertz CT molecular complexity index is 324. The highest BCUT2D eigenvalue weighted by Gasteiger charge is 2.14. The lowest BCUT2D eigenvalue weighted by Gasteiger charge is -2.06. The monoisotopic (exact) mass is 228 g/mol. The molecule has 1 unspecified atom stereocenters. The molecule has 0 saturated heterocycles. The molecule has 1 atom stereocenters. The predicted molar refractivity (Wildman–Crippen MR) is 59.9 cm³/mol. The maximum Gasteiger partial charge on any atom is 0.264 e. The molecule has 1 aromatic heterocycles. The lowest BCUT2D eigenvalue weighted by molar-refractivity contribution is 0.0956. The average Bonchev–Trinajstić information content (AvgIpc) is 2.64. The van der Waals surface area contributed by atoms with E-state index in [2.05, 4.69) is 14.9 Å². The minimum absolute atomic E-state index is 0.0949. The Morgan fingerprint density at radius 3 is 3.00 bits per heavy atom. The largest absolute Gasteiger partial charge is 0.351 e. The number of rotatable bonds is 5. The summed E-state index contributed by atoms with van der Waals surface area (Å²) in [5.41, 5.74) is 6.34. The van der Waals surface area contributed by atoms with E-state index in [1.54, 1.807) is 0 Å². The van der Waals surface area contributed by atoms with Crippen LogP contribution in [0, 0.1) is 0 Å². The number of carbonyl (C=O) groups excluding carboxylic acids is 1. The van der Waals surface area contributed by atoms with Gasteiger partial charge in [-0.05, 0) is 31.3 Å². The molecule has 0 bridgehead atoms. The number of nitrogens with one attached hydrogen (secondary N) is 1. The van der Waals surface area contributed by atoms with E-state index in [1.165, 1.54) is 0 Å². The maximum absolute atomic E-state index is 11.6. The van der Waals surface area contributed by atoms with E-state index in [0.29, 0.717) is 11.4 Å². The lowest BCUT2D eigenvalue weighted by atomic mass is 10.2. The van der Waals surface area contributed by atoms with Crippen molar-refractivity contribution in [1.29, 1.82) is 0 Å². The standard InChI is InChI=1S/C9H16N4OS/c1-3-7-8(15-13-12-7)9(14)11-5-4-6(2)10/h6H,3-5,10H2,1-2H3,(H,11,14). The van der Waals surface area contributed by atoms with Gasteiger partial charge in [0.1, 0.15) is 4.88 Å². The van der Waals surface area contributed by atoms with Gasteiger partial charge in [0, 0.05) is 12.6 Å². The Morgan fingerprint density at radius 1 is 1.67 bits per heavy atom. The van der Waals surface area contributed by atoms with E-state index < -0.39 is 0 Å². The van der Waals surface area contributed by atoms with Crippen molar-refractivity contribution in [2.45, 2.75) is 32.7 Å². The fraction of sp³-hybridized carbons (Fsp3) is 0.667. The highest BCUT2D eigenvalue weighted by Crippen LogP contribution is 2.10. The molecule has 5 nitrogen and oxygen atoms in total. The predicted octanol–water partition coefficient (Wildman–Crippen LogP) is 0.568. The minimum Gasteiger partial charge on any atom is -0.351 e. The van der Waals surface area contributed by atoms with Crippen LogP contribution in [0.5, 0.6) is 0 Å². The third-order valence-electron chi connectivity index (χ3n) is 1.98. The smallest absolute Gasteiger partial charge is 0.264 e. The summed E-state index contributed by atoms with van der Waals surface area (Å²) < 4.78 is 3.76. The van der Waals surface area contributed by atoms with Gasteiger partial charge in [-0.2, -0.15) is 0 Å². The molecule has 15 heavy (non-hydrogen) atoms. The van der Waals surface area contributed by atoms with Crippen LogP contribution in [-0.2, 0) is 6.42 Å². The van der Waals surface area contributed by atoms with E-state index >= 15 is 0 Å². The molecule has 84 valence electrons. The summed E-state index contributed by atoms with van der Waals surface area (Å²) in [6.07, 6.45) is 1.51. The first-order valence-electron chi connectivity index (χ1n) is 5.00. The molecule has 0 aromatic carbocycles. The molecular weight excluding hydrogens is 212 g/mol. The molecule has 1 aromatic rings. The quantitative estimate of drug-likeness (QED) is 0.772. The minimum atomic E-state index is -0.0949. The number of aromatic nitrogens is 2. The number of carbonyl (C=O) groups is 1. The number of amides is 1. The molecule has 0 fully saturated rings. The molecule has 1 heterocycles. The zero-order valence-corrected chi connectivity index (χ0v) is 9.80. The third kappa shape index (κ3) is 3.56. The zero-order valence-electron chi connectivity index (χ0n) is 8.99. The van der Waals surface area contributed by atoms with Gasteiger partial charge < -0.3 is 11.1 Å². The van der Waals surface area contributed by atoms with E-state index in [0.717, 1.165) is 30.1 Å². The fourth-order valence-corrected chi connectivity index (χ4v) is 1.77. The van der Waals surface area contributed by atoms with Crippen molar-refractivity contribution < 1.29 is 4.79 Å². The van der Waals surface area contributed by atoms with Gasteiger partial charge in [-0.25, -0.2) is 0 Å². The molecule has 3 N–H and O–H groups in total. The molecule has 0 spiro atoms. The Labute approximate surface area is 93.2 Å². The van der Waals surface area contributed by atoms with Crippen molar-refractivity contribution in [3.05, 3.63) is 10.6 Å². The first kappa shape index (κ1) is 12.1. The first-order chi connectivity index (χ1) is 7.15. The zero-order chi connectivity index (χ0) is 11.3. The number of hydrogen-bond donors (Lipinski definition) is 2. The maximum atomic E-state index is 11.6. The van der Waals surface area contributed by atoms with Gasteiger partial charge in [-0.15, -0.1) is 5.10 Å².